The van der Waals surface area contributed by atoms with Gasteiger partial charge in [-0.3, -0.25) is 9.89 Å². The number of primary amides is 1. The second-order valence-electron chi connectivity index (χ2n) is 4.31. The molecule has 4 N–H and O–H groups in total. The molecule has 1 rings (SSSR count). The van der Waals surface area contributed by atoms with Gasteiger partial charge in [0, 0.05) is 11.8 Å². The third-order valence-electron chi connectivity index (χ3n) is 2.32. The lowest BCUT2D eigenvalue weighted by Gasteiger charge is -2.29. The molecule has 1 aromatic rings. The number of nitrogens with two attached hydrogens (primary N) is 1. The maximum absolute atomic E-state index is 11.1. The zero-order valence-electron chi connectivity index (χ0n) is 9.52. The van der Waals surface area contributed by atoms with Crippen molar-refractivity contribution in [2.24, 2.45) is 11.1 Å². The zero-order chi connectivity index (χ0) is 13.1. The largest absolute Gasteiger partial charge is 0.370 e. The average Bonchev–Trinajstić information content (AvgIpc) is 2.58. The fourth-order valence-electron chi connectivity index (χ4n) is 1.40. The molecule has 1 amide bonds. The number of aromatic amines is 1. The molecule has 0 saturated heterocycles. The Balaban J connectivity index is 2.80. The molecule has 1 atom stereocenters. The molecule has 17 heavy (non-hydrogen) atoms. The van der Waals surface area contributed by atoms with E-state index >= 15 is 0 Å². The summed E-state index contributed by atoms with van der Waals surface area (Å²) in [6.07, 6.45) is 0.854. The van der Waals surface area contributed by atoms with Crippen LogP contribution in [0.1, 0.15) is 20.3 Å². The van der Waals surface area contributed by atoms with Crippen LogP contribution in [0.15, 0.2) is 0 Å². The fourth-order valence-corrected chi connectivity index (χ4v) is 2.22. The van der Waals surface area contributed by atoms with Gasteiger partial charge in [-0.05, 0) is 12.2 Å². The number of H-pyrrole nitrogens is 1. The molecule has 0 radical (unpaired) electrons. The Bertz CT molecular complexity index is 466. The number of nitrogens with zero attached hydrogens (tertiary/aromatic N) is 1. The van der Waals surface area contributed by atoms with Crippen LogP contribution in [0.3, 0.4) is 0 Å². The van der Waals surface area contributed by atoms with Gasteiger partial charge in [-0.25, -0.2) is 0 Å². The van der Waals surface area contributed by atoms with Gasteiger partial charge in [0.05, 0.1) is 6.04 Å². The molecule has 0 fully saturated rings. The van der Waals surface area contributed by atoms with E-state index in [1.165, 1.54) is 11.3 Å². The Morgan fingerprint density at radius 1 is 1.76 bits per heavy atom. The Labute approximate surface area is 108 Å². The highest BCUT2D eigenvalue weighted by atomic mass is 32.1. The van der Waals surface area contributed by atoms with E-state index in [2.05, 4.69) is 15.5 Å². The van der Waals surface area contributed by atoms with Crippen molar-refractivity contribution in [2.45, 2.75) is 26.3 Å². The van der Waals surface area contributed by atoms with Gasteiger partial charge in [-0.2, -0.15) is 0 Å². The Morgan fingerprint density at radius 2 is 2.41 bits per heavy atom. The van der Waals surface area contributed by atoms with Gasteiger partial charge < -0.3 is 15.8 Å². The lowest BCUT2D eigenvalue weighted by Crippen LogP contribution is -2.40. The van der Waals surface area contributed by atoms with E-state index in [-0.39, 0.29) is 6.42 Å². The van der Waals surface area contributed by atoms with Crippen LogP contribution in [-0.2, 0) is 9.59 Å². The molecule has 0 aliphatic heterocycles. The molecule has 8 heteroatoms. The third kappa shape index (κ3) is 3.90. The summed E-state index contributed by atoms with van der Waals surface area (Å²) in [5, 5.41) is 9.95. The molecular formula is C9H14N4O2S2. The van der Waals surface area contributed by atoms with Crippen LogP contribution in [0.25, 0.3) is 0 Å². The lowest BCUT2D eigenvalue weighted by molar-refractivity contribution is -0.120. The van der Waals surface area contributed by atoms with Gasteiger partial charge in [0.2, 0.25) is 11.0 Å². The minimum Gasteiger partial charge on any atom is -0.370 e. The van der Waals surface area contributed by atoms with Gasteiger partial charge in [-0.1, -0.05) is 25.2 Å². The van der Waals surface area contributed by atoms with Crippen LogP contribution in [-0.4, -0.2) is 28.4 Å². The van der Waals surface area contributed by atoms with E-state index in [1.807, 2.05) is 0 Å². The van der Waals surface area contributed by atoms with Gasteiger partial charge in [-0.15, -0.1) is 5.10 Å². The number of rotatable bonds is 6. The van der Waals surface area contributed by atoms with E-state index in [0.717, 1.165) is 6.29 Å². The predicted molar refractivity (Wildman–Crippen MR) is 68.4 cm³/mol. The molecule has 0 bridgehead atoms. The van der Waals surface area contributed by atoms with E-state index in [9.17, 15) is 9.59 Å². The number of amides is 1. The highest BCUT2D eigenvalue weighted by Crippen LogP contribution is 2.27. The molecule has 0 saturated carbocycles. The second-order valence-corrected chi connectivity index (χ2v) is 5.97. The predicted octanol–water partition coefficient (Wildman–Crippen LogP) is 1.08. The van der Waals surface area contributed by atoms with Crippen LogP contribution in [0, 0.1) is 9.37 Å². The van der Waals surface area contributed by atoms with Crippen LogP contribution >= 0.6 is 23.6 Å². The van der Waals surface area contributed by atoms with Crippen molar-refractivity contribution in [3.63, 3.8) is 0 Å². The molecular weight excluding hydrogens is 260 g/mol. The summed E-state index contributed by atoms with van der Waals surface area (Å²) in [5.74, 6) is -0.446. The molecule has 94 valence electrons. The summed E-state index contributed by atoms with van der Waals surface area (Å²) in [4.78, 5) is 22.0. The number of hydrogen-bond donors (Lipinski definition) is 3. The maximum atomic E-state index is 11.1. The van der Waals surface area contributed by atoms with Crippen LogP contribution < -0.4 is 11.1 Å². The average molecular weight is 274 g/mol. The summed E-state index contributed by atoms with van der Waals surface area (Å²) in [6, 6.07) is -0.552. The minimum absolute atomic E-state index is 0.110. The van der Waals surface area contributed by atoms with Crippen LogP contribution in [0.4, 0.5) is 5.13 Å². The molecule has 0 aliphatic carbocycles. The second kappa shape index (κ2) is 5.37. The Morgan fingerprint density at radius 3 is 2.82 bits per heavy atom. The number of carbonyl (C=O) groups excluding carboxylic acids is 2. The Hall–Kier alpha value is -1.28. The molecule has 6 nitrogen and oxygen atoms in total. The third-order valence-corrected chi connectivity index (χ3v) is 3.35. The molecule has 0 spiro atoms. The van der Waals surface area contributed by atoms with Gasteiger partial charge >= 0.3 is 0 Å². The molecule has 1 unspecified atom stereocenters. The first-order chi connectivity index (χ1) is 7.85. The first-order valence-electron chi connectivity index (χ1n) is 4.91. The summed E-state index contributed by atoms with van der Waals surface area (Å²) >= 11 is 6.11. The summed E-state index contributed by atoms with van der Waals surface area (Å²) < 4.78 is 0.518. The van der Waals surface area contributed by atoms with Crippen molar-refractivity contribution in [2.75, 3.05) is 5.32 Å². The van der Waals surface area contributed by atoms with Gasteiger partial charge in [0.25, 0.3) is 0 Å². The topological polar surface area (TPSA) is 101 Å². The monoisotopic (exact) mass is 274 g/mol. The quantitative estimate of drug-likeness (QED) is 0.532. The van der Waals surface area contributed by atoms with Crippen molar-refractivity contribution in [3.05, 3.63) is 3.95 Å². The number of carbonyl (C=O) groups is 2. The van der Waals surface area contributed by atoms with Crippen LogP contribution in [0.2, 0.25) is 0 Å². The molecule has 0 aliphatic rings. The molecule has 1 heterocycles. The number of hydrogen-bond acceptors (Lipinski definition) is 6. The lowest BCUT2D eigenvalue weighted by atomic mass is 9.81. The summed E-state index contributed by atoms with van der Waals surface area (Å²) in [7, 11) is 0. The Kier molecular flexibility index (Phi) is 4.35. The first kappa shape index (κ1) is 13.8. The number of anilines is 1. The van der Waals surface area contributed by atoms with E-state index < -0.39 is 17.4 Å². The smallest absolute Gasteiger partial charge is 0.218 e. The van der Waals surface area contributed by atoms with E-state index in [0.29, 0.717) is 9.09 Å². The van der Waals surface area contributed by atoms with Crippen molar-refractivity contribution in [1.29, 1.82) is 0 Å². The first-order valence-corrected chi connectivity index (χ1v) is 6.13. The SMILES string of the molecule is CC(C)(CC(N)=O)C(C=O)Nc1n[nH]c(=S)s1. The summed E-state index contributed by atoms with van der Waals surface area (Å²) in [6.45, 7) is 3.57. The number of nitrogens with one attached hydrogen (secondary N) is 2. The zero-order valence-corrected chi connectivity index (χ0v) is 11.2. The summed E-state index contributed by atoms with van der Waals surface area (Å²) in [5.41, 5.74) is 4.57. The molecule has 0 aromatic carbocycles. The van der Waals surface area contributed by atoms with E-state index in [4.69, 9.17) is 18.0 Å². The number of aromatic nitrogens is 2. The maximum Gasteiger partial charge on any atom is 0.218 e. The van der Waals surface area contributed by atoms with Crippen molar-refractivity contribution in [3.8, 4) is 0 Å². The highest BCUT2D eigenvalue weighted by Gasteiger charge is 2.31. The standard InChI is InChI=1S/C9H14N4O2S2/c1-9(2,3-6(10)15)5(4-14)11-7-12-13-8(16)17-7/h4-5H,3H2,1-2H3,(H2,10,15)(H,11,12)(H,13,16). The van der Waals surface area contributed by atoms with Crippen molar-refractivity contribution in [1.82, 2.24) is 10.2 Å². The minimum atomic E-state index is -0.582. The van der Waals surface area contributed by atoms with Gasteiger partial charge in [0.1, 0.15) is 6.29 Å². The number of aldehydes is 1. The van der Waals surface area contributed by atoms with Gasteiger partial charge in [0.15, 0.2) is 3.95 Å². The normalized spacial score (nSPS) is 13.1. The van der Waals surface area contributed by atoms with Crippen molar-refractivity contribution < 1.29 is 9.59 Å². The van der Waals surface area contributed by atoms with E-state index in [1.54, 1.807) is 13.8 Å². The van der Waals surface area contributed by atoms with Crippen LogP contribution in [0.5, 0.6) is 0 Å². The molecule has 1 aromatic heterocycles. The fraction of sp³-hybridized carbons (Fsp3) is 0.556. The highest BCUT2D eigenvalue weighted by molar-refractivity contribution is 7.73. The van der Waals surface area contributed by atoms with Crippen molar-refractivity contribution >= 4 is 40.9 Å².